The first-order chi connectivity index (χ1) is 10.6. The van der Waals surface area contributed by atoms with Crippen molar-refractivity contribution in [2.45, 2.75) is 26.8 Å². The van der Waals surface area contributed by atoms with E-state index in [0.717, 1.165) is 6.54 Å². The highest BCUT2D eigenvalue weighted by Crippen LogP contribution is 2.36. The number of benzene rings is 2. The minimum atomic E-state index is 0.439. The number of nitrogens with zero attached hydrogens (tertiary/aromatic N) is 1. The molecular weight excluding hydrogens is 272 g/mol. The van der Waals surface area contributed by atoms with Crippen molar-refractivity contribution in [1.29, 1.82) is 0 Å². The van der Waals surface area contributed by atoms with Crippen molar-refractivity contribution < 1.29 is 4.74 Å². The first kappa shape index (κ1) is 14.9. The minimum absolute atomic E-state index is 0.439. The Kier molecular flexibility index (Phi) is 4.08. The molecule has 0 spiro atoms. The summed E-state index contributed by atoms with van der Waals surface area (Å²) < 4.78 is 7.56. The molecule has 3 aromatic rings. The highest BCUT2D eigenvalue weighted by Gasteiger charge is 2.15. The van der Waals surface area contributed by atoms with Gasteiger partial charge in [-0.05, 0) is 44.5 Å². The number of hydrogen-bond acceptors (Lipinski definition) is 2. The maximum atomic E-state index is 5.13. The zero-order valence-electron chi connectivity index (χ0n) is 13.8. The van der Waals surface area contributed by atoms with Gasteiger partial charge in [0.1, 0.15) is 0 Å². The molecule has 3 rings (SSSR count). The van der Waals surface area contributed by atoms with Crippen LogP contribution in [0.15, 0.2) is 36.4 Å². The lowest BCUT2D eigenvalue weighted by molar-refractivity contribution is 0.211. The fraction of sp³-hybridized carbons (Fsp3) is 0.368. The predicted molar refractivity (Wildman–Crippen MR) is 94.9 cm³/mol. The molecule has 0 amide bonds. The average Bonchev–Trinajstić information content (AvgIpc) is 2.85. The number of nitrogens with one attached hydrogen (secondary N) is 1. The van der Waals surface area contributed by atoms with Gasteiger partial charge in [0, 0.05) is 47.2 Å². The van der Waals surface area contributed by atoms with Gasteiger partial charge in [-0.25, -0.2) is 0 Å². The fourth-order valence-electron chi connectivity index (χ4n) is 3.30. The van der Waals surface area contributed by atoms with E-state index in [-0.39, 0.29) is 0 Å². The molecule has 0 fully saturated rings. The first-order valence-corrected chi connectivity index (χ1v) is 7.90. The molecule has 1 N–H and O–H groups in total. The van der Waals surface area contributed by atoms with Gasteiger partial charge in [0.15, 0.2) is 0 Å². The summed E-state index contributed by atoms with van der Waals surface area (Å²) in [6.45, 7) is 8.23. The molecule has 0 aliphatic carbocycles. The third kappa shape index (κ3) is 2.35. The second-order valence-electron chi connectivity index (χ2n) is 6.03. The van der Waals surface area contributed by atoms with E-state index in [9.17, 15) is 0 Å². The van der Waals surface area contributed by atoms with E-state index in [0.29, 0.717) is 12.6 Å². The molecule has 0 saturated carbocycles. The molecule has 0 atom stereocenters. The normalized spacial score (nSPS) is 11.7. The van der Waals surface area contributed by atoms with Crippen LogP contribution in [0, 0.1) is 6.92 Å². The zero-order valence-corrected chi connectivity index (χ0v) is 13.8. The maximum Gasteiger partial charge on any atom is 0.0635 e. The Morgan fingerprint density at radius 3 is 2.59 bits per heavy atom. The van der Waals surface area contributed by atoms with Crippen LogP contribution in [0.25, 0.3) is 21.8 Å². The van der Waals surface area contributed by atoms with Crippen LogP contribution in [0.3, 0.4) is 0 Å². The quantitative estimate of drug-likeness (QED) is 0.688. The Balaban J connectivity index is 2.23. The van der Waals surface area contributed by atoms with E-state index in [1.165, 1.54) is 33.1 Å². The van der Waals surface area contributed by atoms with Gasteiger partial charge in [-0.1, -0.05) is 18.2 Å². The minimum Gasteiger partial charge on any atom is -0.383 e. The molecule has 0 aliphatic heterocycles. The van der Waals surface area contributed by atoms with Crippen LogP contribution in [0.1, 0.15) is 25.5 Å². The van der Waals surface area contributed by atoms with Gasteiger partial charge in [0.05, 0.1) is 6.61 Å². The van der Waals surface area contributed by atoms with Gasteiger partial charge >= 0.3 is 0 Å². The van der Waals surface area contributed by atoms with Gasteiger partial charge in [-0.15, -0.1) is 0 Å². The topological polar surface area (TPSA) is 26.2 Å². The van der Waals surface area contributed by atoms with Gasteiger partial charge in [0.25, 0.3) is 0 Å². The number of methoxy groups -OCH3 is 1. The highest BCUT2D eigenvalue weighted by molar-refractivity contribution is 6.11. The molecule has 0 unspecified atom stereocenters. The summed E-state index contributed by atoms with van der Waals surface area (Å²) in [5, 5.41) is 6.16. The smallest absolute Gasteiger partial charge is 0.0635 e. The van der Waals surface area contributed by atoms with Crippen LogP contribution in [-0.4, -0.2) is 24.8 Å². The second-order valence-corrected chi connectivity index (χ2v) is 6.03. The number of fused-ring (bicyclic) bond motifs is 3. The van der Waals surface area contributed by atoms with Gasteiger partial charge in [-0.2, -0.15) is 0 Å². The number of hydrogen-bond donors (Lipinski definition) is 1. The first-order valence-electron chi connectivity index (χ1n) is 7.90. The lowest BCUT2D eigenvalue weighted by Gasteiger charge is -2.13. The molecule has 1 heterocycles. The summed E-state index contributed by atoms with van der Waals surface area (Å²) in [5.41, 5.74) is 5.12. The Hall–Kier alpha value is -2.00. The van der Waals surface area contributed by atoms with E-state index in [2.05, 4.69) is 67.1 Å². The molecular formula is C19H24N2O. The molecule has 2 aromatic carbocycles. The van der Waals surface area contributed by atoms with Crippen molar-refractivity contribution in [2.75, 3.05) is 25.6 Å². The molecule has 0 bridgehead atoms. The summed E-state index contributed by atoms with van der Waals surface area (Å²) in [4.78, 5) is 0. The number of para-hydroxylation sites is 1. The van der Waals surface area contributed by atoms with E-state index in [1.54, 1.807) is 7.11 Å². The third-order valence-electron chi connectivity index (χ3n) is 4.27. The SMILES string of the molecule is COCCNc1ccc2c(c1C)c1ccccc1n2C(C)C. The molecule has 3 nitrogen and oxygen atoms in total. The summed E-state index contributed by atoms with van der Waals surface area (Å²) in [7, 11) is 1.73. The summed E-state index contributed by atoms with van der Waals surface area (Å²) in [5.74, 6) is 0. The van der Waals surface area contributed by atoms with E-state index >= 15 is 0 Å². The van der Waals surface area contributed by atoms with E-state index in [4.69, 9.17) is 4.74 Å². The fourth-order valence-corrected chi connectivity index (χ4v) is 3.30. The molecule has 0 saturated heterocycles. The highest BCUT2D eigenvalue weighted by atomic mass is 16.5. The molecule has 0 aliphatic rings. The summed E-state index contributed by atoms with van der Waals surface area (Å²) in [6.07, 6.45) is 0. The Labute approximate surface area is 131 Å². The largest absolute Gasteiger partial charge is 0.383 e. The number of aromatic nitrogens is 1. The number of rotatable bonds is 5. The zero-order chi connectivity index (χ0) is 15.7. The summed E-state index contributed by atoms with van der Waals surface area (Å²) in [6, 6.07) is 13.5. The van der Waals surface area contributed by atoms with Gasteiger partial charge in [0.2, 0.25) is 0 Å². The van der Waals surface area contributed by atoms with Crippen LogP contribution < -0.4 is 5.32 Å². The molecule has 116 valence electrons. The number of aryl methyl sites for hydroxylation is 1. The van der Waals surface area contributed by atoms with Crippen LogP contribution in [0.2, 0.25) is 0 Å². The van der Waals surface area contributed by atoms with Crippen LogP contribution in [0.4, 0.5) is 5.69 Å². The summed E-state index contributed by atoms with van der Waals surface area (Å²) >= 11 is 0. The van der Waals surface area contributed by atoms with Crippen molar-refractivity contribution in [3.05, 3.63) is 42.0 Å². The molecule has 0 radical (unpaired) electrons. The lowest BCUT2D eigenvalue weighted by Crippen LogP contribution is -2.08. The maximum absolute atomic E-state index is 5.13. The molecule has 22 heavy (non-hydrogen) atoms. The predicted octanol–water partition coefficient (Wildman–Crippen LogP) is 4.74. The lowest BCUT2D eigenvalue weighted by atomic mass is 10.1. The van der Waals surface area contributed by atoms with Crippen molar-refractivity contribution >= 4 is 27.5 Å². The van der Waals surface area contributed by atoms with Crippen molar-refractivity contribution in [2.24, 2.45) is 0 Å². The Morgan fingerprint density at radius 2 is 1.86 bits per heavy atom. The van der Waals surface area contributed by atoms with Crippen LogP contribution in [-0.2, 0) is 4.74 Å². The number of ether oxygens (including phenoxy) is 1. The standard InChI is InChI=1S/C19H24N2O/c1-13(2)21-17-8-6-5-7-15(17)19-14(3)16(9-10-18(19)21)20-11-12-22-4/h5-10,13,20H,11-12H2,1-4H3. The van der Waals surface area contributed by atoms with E-state index in [1.807, 2.05) is 0 Å². The van der Waals surface area contributed by atoms with Crippen molar-refractivity contribution in [1.82, 2.24) is 4.57 Å². The van der Waals surface area contributed by atoms with Crippen molar-refractivity contribution in [3.63, 3.8) is 0 Å². The monoisotopic (exact) mass is 296 g/mol. The average molecular weight is 296 g/mol. The molecule has 3 heteroatoms. The van der Waals surface area contributed by atoms with Gasteiger partial charge in [-0.3, -0.25) is 0 Å². The Morgan fingerprint density at radius 1 is 1.09 bits per heavy atom. The second kappa shape index (κ2) is 6.01. The molecule has 1 aromatic heterocycles. The third-order valence-corrected chi connectivity index (χ3v) is 4.27. The van der Waals surface area contributed by atoms with Crippen molar-refractivity contribution in [3.8, 4) is 0 Å². The van der Waals surface area contributed by atoms with Gasteiger partial charge < -0.3 is 14.6 Å². The number of anilines is 1. The van der Waals surface area contributed by atoms with E-state index < -0.39 is 0 Å². The Bertz CT molecular complexity index is 802. The van der Waals surface area contributed by atoms with Crippen LogP contribution in [0.5, 0.6) is 0 Å². The van der Waals surface area contributed by atoms with Crippen LogP contribution >= 0.6 is 0 Å².